The van der Waals surface area contributed by atoms with Crippen LogP contribution in [0.3, 0.4) is 0 Å². The number of nitrogens with zero attached hydrogens (tertiary/aromatic N) is 2. The van der Waals surface area contributed by atoms with E-state index < -0.39 is 30.2 Å². The largest absolute Gasteiger partial charge is 0.362 e. The summed E-state index contributed by atoms with van der Waals surface area (Å²) in [5, 5.41) is 5.11. The second kappa shape index (κ2) is 9.89. The Morgan fingerprint density at radius 2 is 1.89 bits per heavy atom. The van der Waals surface area contributed by atoms with E-state index in [1.165, 1.54) is 12.1 Å². The lowest BCUT2D eigenvalue weighted by Crippen LogP contribution is -2.45. The van der Waals surface area contributed by atoms with Gasteiger partial charge >= 0.3 is 6.03 Å². The number of halogens is 2. The lowest BCUT2D eigenvalue weighted by atomic mass is 9.87. The van der Waals surface area contributed by atoms with Gasteiger partial charge in [-0.1, -0.05) is 28.9 Å². The molecule has 1 saturated heterocycles. The molecule has 0 bridgehead atoms. The highest BCUT2D eigenvalue weighted by molar-refractivity contribution is 9.10. The first-order valence-electron chi connectivity index (χ1n) is 11.7. The van der Waals surface area contributed by atoms with Crippen LogP contribution in [0.1, 0.15) is 45.2 Å². The monoisotopic (exact) mass is 554 g/mol. The summed E-state index contributed by atoms with van der Waals surface area (Å²) in [7, 11) is 0. The molecule has 7 nitrogen and oxygen atoms in total. The van der Waals surface area contributed by atoms with E-state index in [1.807, 2.05) is 6.92 Å². The third-order valence-electron chi connectivity index (χ3n) is 6.24. The predicted molar refractivity (Wildman–Crippen MR) is 143 cm³/mol. The quantitative estimate of drug-likeness (QED) is 0.363. The summed E-state index contributed by atoms with van der Waals surface area (Å²) < 4.78 is 16.1. The number of benzene rings is 2. The van der Waals surface area contributed by atoms with Gasteiger partial charge in [0, 0.05) is 33.5 Å². The van der Waals surface area contributed by atoms with Crippen LogP contribution in [0.15, 0.2) is 52.6 Å². The normalized spacial score (nSPS) is 17.7. The fraction of sp³-hybridized carbons (Fsp3) is 0.296. The molecule has 4 amide bonds. The highest BCUT2D eigenvalue weighted by atomic mass is 79.9. The summed E-state index contributed by atoms with van der Waals surface area (Å²) in [6.45, 7) is 8.56. The van der Waals surface area contributed by atoms with Gasteiger partial charge in [0.2, 0.25) is 5.91 Å². The van der Waals surface area contributed by atoms with Crippen LogP contribution in [-0.2, 0) is 9.59 Å². The van der Waals surface area contributed by atoms with E-state index in [0.717, 1.165) is 39.2 Å². The van der Waals surface area contributed by atoms with Crippen LogP contribution in [0, 0.1) is 5.82 Å². The minimum atomic E-state index is -0.734. The van der Waals surface area contributed by atoms with Crippen molar-refractivity contribution in [3.05, 3.63) is 69.6 Å². The Bertz CT molecular complexity index is 1300. The third kappa shape index (κ3) is 5.06. The minimum absolute atomic E-state index is 0.0847. The first-order chi connectivity index (χ1) is 17.0. The van der Waals surface area contributed by atoms with E-state index in [0.29, 0.717) is 5.69 Å². The van der Waals surface area contributed by atoms with Gasteiger partial charge in [-0.2, -0.15) is 0 Å². The van der Waals surface area contributed by atoms with Gasteiger partial charge in [-0.15, -0.1) is 0 Å². The molecule has 0 spiro atoms. The van der Waals surface area contributed by atoms with E-state index in [9.17, 15) is 14.4 Å². The van der Waals surface area contributed by atoms with E-state index in [4.69, 9.17) is 0 Å². The van der Waals surface area contributed by atoms with Crippen molar-refractivity contribution in [2.24, 2.45) is 0 Å². The number of anilines is 2. The van der Waals surface area contributed by atoms with Gasteiger partial charge in [-0.05, 0) is 75.2 Å². The zero-order valence-electron chi connectivity index (χ0n) is 20.6. The van der Waals surface area contributed by atoms with Gasteiger partial charge in [0.05, 0.1) is 5.54 Å². The van der Waals surface area contributed by atoms with Crippen molar-refractivity contribution in [2.75, 3.05) is 23.3 Å². The number of carbonyl (C=O) groups excluding carboxylic acids is 3. The summed E-state index contributed by atoms with van der Waals surface area (Å²) in [4.78, 5) is 40.7. The zero-order valence-corrected chi connectivity index (χ0v) is 22.2. The second-order valence-electron chi connectivity index (χ2n) is 9.46. The van der Waals surface area contributed by atoms with E-state index in [1.54, 1.807) is 30.3 Å². The van der Waals surface area contributed by atoms with Gasteiger partial charge in [0.1, 0.15) is 18.1 Å². The summed E-state index contributed by atoms with van der Waals surface area (Å²) in [6.07, 6.45) is 4.38. The molecule has 2 heterocycles. The number of urea groups is 1. The SMILES string of the molecule is CCCN1c2cc(F)c(/C=C3/NC(=O)N(CC(=O)Nc4ccc(Br)cc4)C3=O)cc2C(C)=CC1(C)C. The predicted octanol–water partition coefficient (Wildman–Crippen LogP) is 5.53. The molecular formula is C27H28BrFN4O3. The minimum Gasteiger partial charge on any atom is -0.362 e. The molecule has 2 aromatic rings. The van der Waals surface area contributed by atoms with Crippen molar-refractivity contribution in [3.63, 3.8) is 0 Å². The Hall–Kier alpha value is -3.46. The molecule has 2 aromatic carbocycles. The Morgan fingerprint density at radius 3 is 2.56 bits per heavy atom. The first kappa shape index (κ1) is 25.6. The van der Waals surface area contributed by atoms with Crippen LogP contribution in [0.2, 0.25) is 0 Å². The van der Waals surface area contributed by atoms with Crippen LogP contribution in [0.5, 0.6) is 0 Å². The molecule has 36 heavy (non-hydrogen) atoms. The Balaban J connectivity index is 1.57. The Morgan fingerprint density at radius 1 is 1.19 bits per heavy atom. The molecule has 0 aromatic heterocycles. The molecular weight excluding hydrogens is 527 g/mol. The first-order valence-corrected chi connectivity index (χ1v) is 12.5. The highest BCUT2D eigenvalue weighted by Gasteiger charge is 2.36. The van der Waals surface area contributed by atoms with Crippen molar-refractivity contribution in [1.82, 2.24) is 10.2 Å². The molecule has 0 atom stereocenters. The smallest absolute Gasteiger partial charge is 0.329 e. The van der Waals surface area contributed by atoms with Crippen molar-refractivity contribution < 1.29 is 18.8 Å². The number of fused-ring (bicyclic) bond motifs is 1. The fourth-order valence-electron chi connectivity index (χ4n) is 4.61. The molecule has 0 unspecified atom stereocenters. The van der Waals surface area contributed by atoms with Crippen molar-refractivity contribution in [3.8, 4) is 0 Å². The number of hydrogen-bond donors (Lipinski definition) is 2. The van der Waals surface area contributed by atoms with Crippen molar-refractivity contribution in [1.29, 1.82) is 0 Å². The van der Waals surface area contributed by atoms with Crippen LogP contribution in [0.25, 0.3) is 11.6 Å². The number of hydrogen-bond acceptors (Lipinski definition) is 4. The molecule has 2 aliphatic rings. The van der Waals surface area contributed by atoms with Gasteiger partial charge in [-0.3, -0.25) is 9.59 Å². The maximum atomic E-state index is 15.2. The zero-order chi connectivity index (χ0) is 26.2. The standard InChI is InChI=1S/C27H28BrFN4O3/c1-5-10-33-23-13-21(29)17(11-20(23)16(2)14-27(33,3)4)12-22-25(35)32(26(36)31-22)15-24(34)30-19-8-6-18(28)7-9-19/h6-9,11-14H,5,10,15H2,1-4H3,(H,30,34)(H,31,36)/b22-12+. The number of imide groups is 1. The molecule has 9 heteroatoms. The molecule has 4 rings (SSSR count). The van der Waals surface area contributed by atoms with Crippen LogP contribution in [0.4, 0.5) is 20.6 Å². The molecule has 0 aliphatic carbocycles. The molecule has 1 fully saturated rings. The summed E-state index contributed by atoms with van der Waals surface area (Å²) in [5.74, 6) is -1.72. The van der Waals surface area contributed by atoms with Gasteiger partial charge in [0.15, 0.2) is 0 Å². The van der Waals surface area contributed by atoms with Crippen LogP contribution < -0.4 is 15.5 Å². The van der Waals surface area contributed by atoms with Crippen LogP contribution >= 0.6 is 15.9 Å². The number of carbonyl (C=O) groups is 3. The lowest BCUT2D eigenvalue weighted by molar-refractivity contribution is -0.127. The topological polar surface area (TPSA) is 81.8 Å². The van der Waals surface area contributed by atoms with E-state index in [2.05, 4.69) is 58.3 Å². The lowest BCUT2D eigenvalue weighted by Gasteiger charge is -2.43. The van der Waals surface area contributed by atoms with Gasteiger partial charge in [0.25, 0.3) is 5.91 Å². The number of rotatable bonds is 6. The molecule has 0 saturated carbocycles. The maximum Gasteiger partial charge on any atom is 0.329 e. The van der Waals surface area contributed by atoms with Crippen molar-refractivity contribution in [2.45, 2.75) is 39.7 Å². The number of nitrogens with one attached hydrogen (secondary N) is 2. The van der Waals surface area contributed by atoms with Gasteiger partial charge in [-0.25, -0.2) is 14.1 Å². The maximum absolute atomic E-state index is 15.2. The summed E-state index contributed by atoms with van der Waals surface area (Å²) >= 11 is 3.32. The fourth-order valence-corrected chi connectivity index (χ4v) is 4.87. The molecule has 2 N–H and O–H groups in total. The Labute approximate surface area is 218 Å². The summed E-state index contributed by atoms with van der Waals surface area (Å²) in [6, 6.07) is 9.36. The summed E-state index contributed by atoms with van der Waals surface area (Å²) in [5.41, 5.74) is 3.06. The third-order valence-corrected chi connectivity index (χ3v) is 6.76. The second-order valence-corrected chi connectivity index (χ2v) is 10.4. The Kier molecular flexibility index (Phi) is 7.04. The molecule has 2 aliphatic heterocycles. The van der Waals surface area contributed by atoms with Crippen molar-refractivity contribution >= 4 is 56.8 Å². The number of allylic oxidation sites excluding steroid dienone is 1. The van der Waals surface area contributed by atoms with E-state index in [-0.39, 0.29) is 16.8 Å². The van der Waals surface area contributed by atoms with Gasteiger partial charge < -0.3 is 15.5 Å². The van der Waals surface area contributed by atoms with Crippen LogP contribution in [-0.4, -0.2) is 41.4 Å². The average Bonchev–Trinajstić information content (AvgIpc) is 3.06. The highest BCUT2D eigenvalue weighted by Crippen LogP contribution is 2.40. The number of amides is 4. The average molecular weight is 555 g/mol. The molecule has 188 valence electrons. The van der Waals surface area contributed by atoms with E-state index >= 15 is 4.39 Å². The molecule has 0 radical (unpaired) electrons.